The molecule has 0 radical (unpaired) electrons. The minimum Gasteiger partial charge on any atom is -1.00 e. The maximum absolute atomic E-state index is 12.8. The molecule has 2 aromatic rings. The van der Waals surface area contributed by atoms with E-state index in [0.29, 0.717) is 0 Å². The van der Waals surface area contributed by atoms with Crippen molar-refractivity contribution in [2.75, 3.05) is 0 Å². The van der Waals surface area contributed by atoms with E-state index in [9.17, 15) is 8.78 Å². The monoisotopic (exact) mass is 672 g/mol. The molecule has 0 amide bonds. The Morgan fingerprint density at radius 3 is 1.40 bits per heavy atom. The molecule has 0 bridgehead atoms. The van der Waals surface area contributed by atoms with E-state index in [1.165, 1.54) is 45.5 Å². The SMILES string of the molecule is Fc1cccc(C2=[C-]CC=C2)c1.Fc1cccc(C2=[C-]CC=C2)c1.[CH3][Ge]([CH3])=[Hf+2].[Cl-].[Cl-]. The van der Waals surface area contributed by atoms with Crippen LogP contribution in [0.25, 0.3) is 11.1 Å². The van der Waals surface area contributed by atoms with Crippen LogP contribution in [0.3, 0.4) is 0 Å². The van der Waals surface area contributed by atoms with Crippen LogP contribution in [0.1, 0.15) is 24.0 Å². The second-order valence-electron chi connectivity index (χ2n) is 6.41. The first-order valence-electron chi connectivity index (χ1n) is 9.04. The van der Waals surface area contributed by atoms with E-state index >= 15 is 0 Å². The van der Waals surface area contributed by atoms with Gasteiger partial charge >= 0.3 is 42.8 Å². The van der Waals surface area contributed by atoms with Gasteiger partial charge in [-0.25, -0.2) is 8.78 Å². The summed E-state index contributed by atoms with van der Waals surface area (Å²) in [5.41, 5.74) is 3.80. The second kappa shape index (κ2) is 16.0. The molecule has 0 unspecified atom stereocenters. The van der Waals surface area contributed by atoms with Gasteiger partial charge in [-0.05, 0) is 12.1 Å². The summed E-state index contributed by atoms with van der Waals surface area (Å²) in [7, 11) is -0.194. The molecule has 0 saturated carbocycles. The molecule has 0 aromatic heterocycles. The number of hydrogen-bond acceptors (Lipinski definition) is 0. The molecule has 2 aliphatic rings. The molecule has 0 saturated heterocycles. The maximum Gasteiger partial charge on any atom is -1.00 e. The van der Waals surface area contributed by atoms with E-state index in [1.54, 1.807) is 12.1 Å². The fourth-order valence-electron chi connectivity index (χ4n) is 2.52. The normalized spacial score (nSPS) is 12.9. The van der Waals surface area contributed by atoms with Crippen molar-refractivity contribution in [2.45, 2.75) is 24.4 Å². The van der Waals surface area contributed by atoms with Crippen LogP contribution in [0.5, 0.6) is 0 Å². The zero-order valence-electron chi connectivity index (χ0n) is 16.9. The molecule has 156 valence electrons. The van der Waals surface area contributed by atoms with Crippen LogP contribution < -0.4 is 24.8 Å². The maximum atomic E-state index is 12.8. The summed E-state index contributed by atoms with van der Waals surface area (Å²) in [5.74, 6) is 4.41. The zero-order valence-corrected chi connectivity index (χ0v) is 24.1. The van der Waals surface area contributed by atoms with Crippen LogP contribution in [0.4, 0.5) is 8.78 Å². The van der Waals surface area contributed by atoms with Crippen LogP contribution in [0.15, 0.2) is 72.8 Å². The fraction of sp³-hybridized carbons (Fsp3) is 0.167. The van der Waals surface area contributed by atoms with Gasteiger partial charge in [0.2, 0.25) is 0 Å². The molecular formula is C24H22Cl2F2GeHf-2. The van der Waals surface area contributed by atoms with Crippen molar-refractivity contribution in [1.29, 1.82) is 0 Å². The first kappa shape index (κ1) is 29.3. The van der Waals surface area contributed by atoms with Gasteiger partial charge in [0, 0.05) is 0 Å². The topological polar surface area (TPSA) is 0 Å². The summed E-state index contributed by atoms with van der Waals surface area (Å²) in [4.78, 5) is 0. The Balaban J connectivity index is 0.000000452. The van der Waals surface area contributed by atoms with Crippen molar-refractivity contribution in [1.82, 2.24) is 0 Å². The van der Waals surface area contributed by atoms with Crippen molar-refractivity contribution < 1.29 is 54.9 Å². The smallest absolute Gasteiger partial charge is 1.00 e. The predicted molar refractivity (Wildman–Crippen MR) is 111 cm³/mol. The average molecular weight is 670 g/mol. The largest absolute Gasteiger partial charge is 1.00 e. The summed E-state index contributed by atoms with van der Waals surface area (Å²) in [6.07, 6.45) is 15.9. The Hall–Kier alpha value is -0.747. The molecule has 0 N–H and O–H groups in total. The van der Waals surface area contributed by atoms with Gasteiger partial charge in [-0.2, -0.15) is 35.5 Å². The van der Waals surface area contributed by atoms with Crippen molar-refractivity contribution in [3.63, 3.8) is 0 Å². The van der Waals surface area contributed by atoms with Crippen LogP contribution in [0.2, 0.25) is 11.5 Å². The summed E-state index contributed by atoms with van der Waals surface area (Å²) >= 11 is 1.52. The molecule has 30 heavy (non-hydrogen) atoms. The van der Waals surface area contributed by atoms with Gasteiger partial charge in [-0.3, -0.25) is 0 Å². The minimum atomic E-state index is -0.194. The fourth-order valence-corrected chi connectivity index (χ4v) is 2.52. The Kier molecular flexibility index (Phi) is 15.6. The van der Waals surface area contributed by atoms with E-state index in [-0.39, 0.29) is 46.5 Å². The predicted octanol–water partition coefficient (Wildman–Crippen LogP) is 0.737. The summed E-state index contributed by atoms with van der Waals surface area (Å²) in [6, 6.07) is 13.2. The molecule has 0 fully saturated rings. The van der Waals surface area contributed by atoms with Crippen LogP contribution in [0, 0.1) is 23.8 Å². The van der Waals surface area contributed by atoms with Gasteiger partial charge in [-0.1, -0.05) is 37.1 Å². The van der Waals surface area contributed by atoms with E-state index in [4.69, 9.17) is 0 Å². The third-order valence-corrected chi connectivity index (χ3v) is 3.66. The molecule has 6 heteroatoms. The first-order chi connectivity index (χ1) is 13.5. The van der Waals surface area contributed by atoms with Gasteiger partial charge < -0.3 is 24.8 Å². The molecule has 0 nitrogen and oxygen atoms in total. The molecule has 0 atom stereocenters. The van der Waals surface area contributed by atoms with Crippen molar-refractivity contribution in [3.8, 4) is 0 Å². The minimum absolute atomic E-state index is 0. The van der Waals surface area contributed by atoms with Crippen molar-refractivity contribution >= 4 is 21.2 Å². The summed E-state index contributed by atoms with van der Waals surface area (Å²) in [5, 5.41) is 0. The summed E-state index contributed by atoms with van der Waals surface area (Å²) in [6.45, 7) is 0. The van der Waals surface area contributed by atoms with Gasteiger partial charge in [0.1, 0.15) is 11.6 Å². The zero-order chi connectivity index (χ0) is 20.4. The van der Waals surface area contributed by atoms with Crippen molar-refractivity contribution in [3.05, 3.63) is 108 Å². The van der Waals surface area contributed by atoms with E-state index in [0.717, 1.165) is 35.1 Å². The van der Waals surface area contributed by atoms with E-state index in [1.807, 2.05) is 36.4 Å². The average Bonchev–Trinajstić information content (AvgIpc) is 3.36. The Labute approximate surface area is 206 Å². The van der Waals surface area contributed by atoms with Crippen LogP contribution in [-0.2, 0) is 21.3 Å². The molecule has 2 aliphatic carbocycles. The quantitative estimate of drug-likeness (QED) is 0.327. The van der Waals surface area contributed by atoms with Crippen molar-refractivity contribution in [2.24, 2.45) is 0 Å². The molecule has 4 rings (SSSR count). The second-order valence-corrected chi connectivity index (χ2v) is 29.3. The van der Waals surface area contributed by atoms with Gasteiger partial charge in [-0.15, -0.1) is 35.4 Å². The Bertz CT molecular complexity index is 874. The molecular weight excluding hydrogens is 648 g/mol. The number of rotatable bonds is 2. The third kappa shape index (κ3) is 11.0. The standard InChI is InChI=1S/2C11H8F.C2H6Ge.2ClH.Hf/c2*12-11-7-3-6-10(8-11)9-4-1-2-5-9;1-3-2;;;/h2*1,3-4,6-8H,2H2;1-2H3;2*1H;/q2*-1;;;;+2/p-2. The molecule has 2 aromatic carbocycles. The Morgan fingerprint density at radius 2 is 1.13 bits per heavy atom. The van der Waals surface area contributed by atoms with E-state index in [2.05, 4.69) is 23.7 Å². The molecule has 0 aliphatic heterocycles. The Morgan fingerprint density at radius 1 is 0.767 bits per heavy atom. The number of benzene rings is 2. The number of hydrogen-bond donors (Lipinski definition) is 0. The summed E-state index contributed by atoms with van der Waals surface area (Å²) < 4.78 is 25.5. The van der Waals surface area contributed by atoms with Gasteiger partial charge in [0.25, 0.3) is 0 Å². The van der Waals surface area contributed by atoms with Gasteiger partial charge in [0.15, 0.2) is 0 Å². The molecule has 0 spiro atoms. The van der Waals surface area contributed by atoms with Crippen LogP contribution >= 0.6 is 0 Å². The first-order valence-corrected chi connectivity index (χ1v) is 23.6. The number of halogens is 4. The van der Waals surface area contributed by atoms with Crippen LogP contribution in [-0.4, -0.2) is 10.1 Å². The third-order valence-electron chi connectivity index (χ3n) is 3.66. The van der Waals surface area contributed by atoms with E-state index < -0.39 is 0 Å². The number of allylic oxidation sites excluding steroid dienone is 8. The van der Waals surface area contributed by atoms with Gasteiger partial charge in [0.05, 0.1) is 0 Å². The molecule has 0 heterocycles.